The third kappa shape index (κ3) is 4.52. The van der Waals surface area contributed by atoms with Crippen molar-refractivity contribution in [3.63, 3.8) is 0 Å². The maximum absolute atomic E-state index is 12.8. The van der Waals surface area contributed by atoms with Crippen molar-refractivity contribution in [2.24, 2.45) is 0 Å². The molecule has 0 radical (unpaired) electrons. The summed E-state index contributed by atoms with van der Waals surface area (Å²) >= 11 is 0. The lowest BCUT2D eigenvalue weighted by Crippen LogP contribution is -2.25. The summed E-state index contributed by atoms with van der Waals surface area (Å²) in [7, 11) is 1.54. The molecule has 1 aromatic heterocycles. The minimum absolute atomic E-state index is 0.0670. The summed E-state index contributed by atoms with van der Waals surface area (Å²) in [5.41, 5.74) is 1.59. The minimum Gasteiger partial charge on any atom is -0.497 e. The molecule has 1 amide bonds. The number of carbonyl (C=O) groups excluding carboxylic acids is 2. The first-order valence-corrected chi connectivity index (χ1v) is 8.21. The van der Waals surface area contributed by atoms with E-state index in [1.807, 2.05) is 6.07 Å². The molecule has 0 saturated heterocycles. The van der Waals surface area contributed by atoms with Gasteiger partial charge in [-0.2, -0.15) is 0 Å². The third-order valence-corrected chi connectivity index (χ3v) is 3.73. The zero-order valence-electron chi connectivity index (χ0n) is 14.8. The van der Waals surface area contributed by atoms with Gasteiger partial charge in [0.25, 0.3) is 5.91 Å². The van der Waals surface area contributed by atoms with Crippen LogP contribution in [0.3, 0.4) is 0 Å². The number of nitrogens with zero attached hydrogens (tertiary/aromatic N) is 1. The maximum atomic E-state index is 12.8. The summed E-state index contributed by atoms with van der Waals surface area (Å²) in [4.78, 5) is 25.2. The fourth-order valence-corrected chi connectivity index (χ4v) is 2.43. The van der Waals surface area contributed by atoms with Crippen molar-refractivity contribution >= 4 is 17.6 Å². The van der Waals surface area contributed by atoms with Crippen molar-refractivity contribution < 1.29 is 23.6 Å². The SMILES string of the molecule is COc1cccc(NC(=O)[C@@H](OC(=O)c2cc(C)no2)c2ccccc2)c1. The molecule has 7 heteroatoms. The number of methoxy groups -OCH3 is 1. The van der Waals surface area contributed by atoms with E-state index < -0.39 is 18.0 Å². The van der Waals surface area contributed by atoms with Crippen molar-refractivity contribution in [3.05, 3.63) is 77.7 Å². The quantitative estimate of drug-likeness (QED) is 0.671. The standard InChI is InChI=1S/C20H18N2O5/c1-13-11-17(27-22-13)20(24)26-18(14-7-4-3-5-8-14)19(23)21-15-9-6-10-16(12-15)25-2/h3-12,18H,1-2H3,(H,21,23)/t18-/m0/s1. The Morgan fingerprint density at radius 1 is 1.07 bits per heavy atom. The molecule has 0 aliphatic carbocycles. The second-order valence-electron chi connectivity index (χ2n) is 5.75. The Balaban J connectivity index is 1.83. The van der Waals surface area contributed by atoms with Crippen molar-refractivity contribution in [2.45, 2.75) is 13.0 Å². The Morgan fingerprint density at radius 2 is 1.85 bits per heavy atom. The van der Waals surface area contributed by atoms with Gasteiger partial charge in [-0.3, -0.25) is 4.79 Å². The van der Waals surface area contributed by atoms with E-state index in [1.54, 1.807) is 55.5 Å². The average Bonchev–Trinajstić information content (AvgIpc) is 3.13. The summed E-state index contributed by atoms with van der Waals surface area (Å²) in [6, 6.07) is 17.1. The molecule has 1 N–H and O–H groups in total. The number of esters is 1. The van der Waals surface area contributed by atoms with Crippen LogP contribution < -0.4 is 10.1 Å². The van der Waals surface area contributed by atoms with Gasteiger partial charge in [0.1, 0.15) is 5.75 Å². The van der Waals surface area contributed by atoms with Crippen LogP contribution in [0, 0.1) is 6.92 Å². The summed E-state index contributed by atoms with van der Waals surface area (Å²) in [5, 5.41) is 6.39. The number of benzene rings is 2. The number of ether oxygens (including phenoxy) is 2. The van der Waals surface area contributed by atoms with Crippen molar-refractivity contribution in [3.8, 4) is 5.75 Å². The fourth-order valence-electron chi connectivity index (χ4n) is 2.43. The van der Waals surface area contributed by atoms with Crippen molar-refractivity contribution in [1.82, 2.24) is 5.16 Å². The van der Waals surface area contributed by atoms with Gasteiger partial charge in [-0.05, 0) is 19.1 Å². The molecule has 0 saturated carbocycles. The van der Waals surface area contributed by atoms with E-state index in [0.717, 1.165) is 0 Å². The molecule has 1 heterocycles. The van der Waals surface area contributed by atoms with Gasteiger partial charge in [0.05, 0.1) is 12.8 Å². The van der Waals surface area contributed by atoms with Gasteiger partial charge in [-0.1, -0.05) is 41.6 Å². The van der Waals surface area contributed by atoms with Crippen LogP contribution in [0.1, 0.15) is 27.9 Å². The zero-order valence-corrected chi connectivity index (χ0v) is 14.8. The second-order valence-corrected chi connectivity index (χ2v) is 5.75. The Labute approximate surface area is 155 Å². The second kappa shape index (κ2) is 8.18. The lowest BCUT2D eigenvalue weighted by molar-refractivity contribution is -0.125. The van der Waals surface area contributed by atoms with Gasteiger partial charge in [-0.15, -0.1) is 0 Å². The fraction of sp³-hybridized carbons (Fsp3) is 0.150. The van der Waals surface area contributed by atoms with Crippen molar-refractivity contribution in [1.29, 1.82) is 0 Å². The number of rotatable bonds is 6. The predicted molar refractivity (Wildman–Crippen MR) is 97.5 cm³/mol. The number of carbonyl (C=O) groups is 2. The topological polar surface area (TPSA) is 90.7 Å². The minimum atomic E-state index is -1.16. The number of anilines is 1. The van der Waals surface area contributed by atoms with Crippen LogP contribution in [-0.4, -0.2) is 24.1 Å². The lowest BCUT2D eigenvalue weighted by Gasteiger charge is -2.17. The highest BCUT2D eigenvalue weighted by Crippen LogP contribution is 2.23. The molecule has 0 fully saturated rings. The highest BCUT2D eigenvalue weighted by molar-refractivity contribution is 5.97. The predicted octanol–water partition coefficient (Wildman–Crippen LogP) is 3.53. The van der Waals surface area contributed by atoms with Gasteiger partial charge >= 0.3 is 5.97 Å². The van der Waals surface area contributed by atoms with E-state index in [9.17, 15) is 9.59 Å². The Kier molecular flexibility index (Phi) is 5.51. The largest absolute Gasteiger partial charge is 0.497 e. The monoisotopic (exact) mass is 366 g/mol. The molecule has 3 rings (SSSR count). The average molecular weight is 366 g/mol. The van der Waals surface area contributed by atoms with Crippen LogP contribution in [0.4, 0.5) is 5.69 Å². The third-order valence-electron chi connectivity index (χ3n) is 3.73. The van der Waals surface area contributed by atoms with Gasteiger partial charge in [0.2, 0.25) is 11.9 Å². The van der Waals surface area contributed by atoms with Crippen LogP contribution in [0.25, 0.3) is 0 Å². The number of aryl methyl sites for hydroxylation is 1. The summed E-state index contributed by atoms with van der Waals surface area (Å²) < 4.78 is 15.5. The van der Waals surface area contributed by atoms with E-state index in [0.29, 0.717) is 22.7 Å². The molecule has 0 aliphatic rings. The molecular weight excluding hydrogens is 348 g/mol. The van der Waals surface area contributed by atoms with Crippen LogP contribution in [0.5, 0.6) is 5.75 Å². The lowest BCUT2D eigenvalue weighted by atomic mass is 10.1. The van der Waals surface area contributed by atoms with Crippen molar-refractivity contribution in [2.75, 3.05) is 12.4 Å². The number of aromatic nitrogens is 1. The van der Waals surface area contributed by atoms with Gasteiger partial charge in [-0.25, -0.2) is 4.79 Å². The normalized spacial score (nSPS) is 11.5. The van der Waals surface area contributed by atoms with Gasteiger partial charge < -0.3 is 19.3 Å². The maximum Gasteiger partial charge on any atom is 0.378 e. The molecule has 0 spiro atoms. The molecule has 0 unspecified atom stereocenters. The Bertz CT molecular complexity index is 936. The molecule has 7 nitrogen and oxygen atoms in total. The van der Waals surface area contributed by atoms with Crippen LogP contribution in [0.15, 0.2) is 65.2 Å². The smallest absolute Gasteiger partial charge is 0.378 e. The molecule has 138 valence electrons. The molecule has 0 aliphatic heterocycles. The Morgan fingerprint density at radius 3 is 2.52 bits per heavy atom. The first-order chi connectivity index (χ1) is 13.1. The highest BCUT2D eigenvalue weighted by atomic mass is 16.6. The zero-order chi connectivity index (χ0) is 19.2. The summed E-state index contributed by atoms with van der Waals surface area (Å²) in [6.45, 7) is 1.68. The van der Waals surface area contributed by atoms with E-state index in [2.05, 4.69) is 10.5 Å². The first kappa shape index (κ1) is 18.2. The number of amides is 1. The van der Waals surface area contributed by atoms with E-state index in [4.69, 9.17) is 14.0 Å². The molecule has 2 aromatic carbocycles. The van der Waals surface area contributed by atoms with Crippen LogP contribution in [-0.2, 0) is 9.53 Å². The van der Waals surface area contributed by atoms with Gasteiger partial charge in [0, 0.05) is 23.4 Å². The Hall–Kier alpha value is -3.61. The van der Waals surface area contributed by atoms with E-state index >= 15 is 0 Å². The molecule has 0 bridgehead atoms. The molecule has 27 heavy (non-hydrogen) atoms. The van der Waals surface area contributed by atoms with Crippen LogP contribution >= 0.6 is 0 Å². The first-order valence-electron chi connectivity index (χ1n) is 8.21. The van der Waals surface area contributed by atoms with E-state index in [-0.39, 0.29) is 5.76 Å². The van der Waals surface area contributed by atoms with E-state index in [1.165, 1.54) is 13.2 Å². The molecule has 1 atom stereocenters. The number of hydrogen-bond acceptors (Lipinski definition) is 6. The highest BCUT2D eigenvalue weighted by Gasteiger charge is 2.27. The summed E-state index contributed by atoms with van der Waals surface area (Å²) in [6.07, 6.45) is -1.16. The molecular formula is C20H18N2O5. The number of hydrogen-bond donors (Lipinski definition) is 1. The number of nitrogens with one attached hydrogen (secondary N) is 1. The molecule has 3 aromatic rings. The van der Waals surface area contributed by atoms with Gasteiger partial charge in [0.15, 0.2) is 0 Å². The summed E-state index contributed by atoms with van der Waals surface area (Å²) in [5.74, 6) is -0.745. The van der Waals surface area contributed by atoms with Crippen LogP contribution in [0.2, 0.25) is 0 Å².